The number of carbonyl (C=O) groups excluding carboxylic acids is 1. The fourth-order valence-corrected chi connectivity index (χ4v) is 1.69. The summed E-state index contributed by atoms with van der Waals surface area (Å²) < 4.78 is 5.16. The van der Waals surface area contributed by atoms with Crippen molar-refractivity contribution in [3.05, 3.63) is 28.3 Å². The lowest BCUT2D eigenvalue weighted by molar-refractivity contribution is 0.0635. The van der Waals surface area contributed by atoms with Crippen molar-refractivity contribution >= 4 is 23.4 Å². The molecule has 4 nitrogen and oxygen atoms in total. The average Bonchev–Trinajstić information content (AvgIpc) is 2.21. The molecule has 100 valence electrons. The number of hydrogen-bond donors (Lipinski definition) is 2. The van der Waals surface area contributed by atoms with E-state index in [0.29, 0.717) is 16.3 Å². The molecule has 0 radical (unpaired) electrons. The molecule has 5 heteroatoms. The van der Waals surface area contributed by atoms with Gasteiger partial charge in [-0.2, -0.15) is 0 Å². The molecule has 0 aromatic heterocycles. The largest absolute Gasteiger partial charge is 0.444 e. The molecule has 0 aliphatic rings. The lowest BCUT2D eigenvalue weighted by Crippen LogP contribution is -2.27. The molecule has 1 aromatic carbocycles. The normalized spacial score (nSPS) is 11.2. The maximum atomic E-state index is 11.7. The molecule has 0 heterocycles. The van der Waals surface area contributed by atoms with Gasteiger partial charge in [0.05, 0.1) is 12.3 Å². The van der Waals surface area contributed by atoms with Gasteiger partial charge in [-0.15, -0.1) is 0 Å². The molecule has 0 atom stereocenters. The fraction of sp³-hybridized carbons (Fsp3) is 0.462. The van der Waals surface area contributed by atoms with E-state index >= 15 is 0 Å². The van der Waals surface area contributed by atoms with Crippen molar-refractivity contribution in [1.82, 2.24) is 0 Å². The molecule has 0 saturated carbocycles. The van der Waals surface area contributed by atoms with Crippen LogP contribution in [-0.2, 0) is 11.3 Å². The second kappa shape index (κ2) is 5.59. The average molecular weight is 272 g/mol. The van der Waals surface area contributed by atoms with E-state index in [4.69, 9.17) is 16.3 Å². The van der Waals surface area contributed by atoms with Crippen LogP contribution < -0.4 is 5.32 Å². The maximum Gasteiger partial charge on any atom is 0.412 e. The molecule has 0 aliphatic heterocycles. The fourth-order valence-electron chi connectivity index (χ4n) is 1.47. The molecule has 1 amide bonds. The monoisotopic (exact) mass is 271 g/mol. The van der Waals surface area contributed by atoms with Gasteiger partial charge in [-0.05, 0) is 39.3 Å². The van der Waals surface area contributed by atoms with Gasteiger partial charge in [0.1, 0.15) is 5.60 Å². The van der Waals surface area contributed by atoms with E-state index in [9.17, 15) is 9.90 Å². The molecular weight excluding hydrogens is 254 g/mol. The Kier molecular flexibility index (Phi) is 4.59. The van der Waals surface area contributed by atoms with E-state index < -0.39 is 11.7 Å². The second-order valence-electron chi connectivity index (χ2n) is 5.00. The van der Waals surface area contributed by atoms with E-state index in [1.165, 1.54) is 0 Å². The van der Waals surface area contributed by atoms with Crippen LogP contribution in [0.3, 0.4) is 0 Å². The minimum Gasteiger partial charge on any atom is -0.444 e. The molecule has 1 rings (SSSR count). The van der Waals surface area contributed by atoms with Crippen LogP contribution in [0.5, 0.6) is 0 Å². The van der Waals surface area contributed by atoms with Gasteiger partial charge in [0.25, 0.3) is 0 Å². The first kappa shape index (κ1) is 14.8. The number of ether oxygens (including phenoxy) is 1. The van der Waals surface area contributed by atoms with E-state index in [2.05, 4.69) is 5.32 Å². The highest BCUT2D eigenvalue weighted by atomic mass is 35.5. The van der Waals surface area contributed by atoms with Crippen molar-refractivity contribution in [1.29, 1.82) is 0 Å². The van der Waals surface area contributed by atoms with Crippen LogP contribution in [0.25, 0.3) is 0 Å². The predicted molar refractivity (Wildman–Crippen MR) is 72.0 cm³/mol. The number of hydrogen-bond acceptors (Lipinski definition) is 3. The van der Waals surface area contributed by atoms with Crippen LogP contribution in [0, 0.1) is 6.92 Å². The minimum atomic E-state index is -0.573. The minimum absolute atomic E-state index is 0.244. The topological polar surface area (TPSA) is 58.6 Å². The Morgan fingerprint density at radius 2 is 2.06 bits per heavy atom. The summed E-state index contributed by atoms with van der Waals surface area (Å²) in [6.45, 7) is 6.92. The van der Waals surface area contributed by atoms with Crippen LogP contribution in [0.15, 0.2) is 12.1 Å². The van der Waals surface area contributed by atoms with Gasteiger partial charge < -0.3 is 9.84 Å². The summed E-state index contributed by atoms with van der Waals surface area (Å²) in [5, 5.41) is 12.3. The zero-order valence-electron chi connectivity index (χ0n) is 11.0. The molecular formula is C13H18ClNO3. The van der Waals surface area contributed by atoms with Crippen molar-refractivity contribution in [2.75, 3.05) is 5.32 Å². The summed E-state index contributed by atoms with van der Waals surface area (Å²) in [6.07, 6.45) is -0.567. The number of aliphatic hydroxyl groups is 1. The van der Waals surface area contributed by atoms with E-state index in [1.807, 2.05) is 6.92 Å². The smallest absolute Gasteiger partial charge is 0.412 e. The Morgan fingerprint density at radius 1 is 1.44 bits per heavy atom. The van der Waals surface area contributed by atoms with Crippen LogP contribution in [-0.4, -0.2) is 16.8 Å². The number of rotatable bonds is 2. The SMILES string of the molecule is Cc1ccc(Cl)c(CO)c1NC(=O)OC(C)(C)C. The number of aliphatic hydroxyl groups excluding tert-OH is 1. The summed E-state index contributed by atoms with van der Waals surface area (Å²) >= 11 is 5.97. The van der Waals surface area contributed by atoms with E-state index in [-0.39, 0.29) is 6.61 Å². The quantitative estimate of drug-likeness (QED) is 0.866. The molecule has 18 heavy (non-hydrogen) atoms. The highest BCUT2D eigenvalue weighted by molar-refractivity contribution is 6.31. The molecule has 0 saturated heterocycles. The van der Waals surface area contributed by atoms with Gasteiger partial charge in [0.15, 0.2) is 0 Å². The van der Waals surface area contributed by atoms with Gasteiger partial charge in [-0.25, -0.2) is 4.79 Å². The Morgan fingerprint density at radius 3 is 2.56 bits per heavy atom. The van der Waals surface area contributed by atoms with E-state index in [0.717, 1.165) is 5.56 Å². The number of amides is 1. The van der Waals surface area contributed by atoms with Crippen molar-refractivity contribution < 1.29 is 14.6 Å². The maximum absolute atomic E-state index is 11.7. The predicted octanol–water partition coefficient (Wildman–Crippen LogP) is 3.49. The number of anilines is 1. The van der Waals surface area contributed by atoms with Crippen molar-refractivity contribution in [2.24, 2.45) is 0 Å². The van der Waals surface area contributed by atoms with Crippen molar-refractivity contribution in [3.8, 4) is 0 Å². The van der Waals surface area contributed by atoms with Crippen molar-refractivity contribution in [3.63, 3.8) is 0 Å². The third kappa shape index (κ3) is 3.89. The van der Waals surface area contributed by atoms with Gasteiger partial charge in [-0.1, -0.05) is 17.7 Å². The summed E-state index contributed by atoms with van der Waals surface area (Å²) in [7, 11) is 0. The first-order valence-electron chi connectivity index (χ1n) is 5.63. The Hall–Kier alpha value is -1.26. The highest BCUT2D eigenvalue weighted by Crippen LogP contribution is 2.28. The molecule has 0 unspecified atom stereocenters. The Balaban J connectivity index is 2.97. The zero-order chi connectivity index (χ0) is 13.9. The van der Waals surface area contributed by atoms with E-state index in [1.54, 1.807) is 32.9 Å². The first-order valence-corrected chi connectivity index (χ1v) is 6.01. The van der Waals surface area contributed by atoms with Crippen LogP contribution >= 0.6 is 11.6 Å². The Bertz CT molecular complexity index is 452. The summed E-state index contributed by atoms with van der Waals surface area (Å²) in [6, 6.07) is 3.46. The zero-order valence-corrected chi connectivity index (χ0v) is 11.8. The molecule has 0 fully saturated rings. The second-order valence-corrected chi connectivity index (χ2v) is 5.41. The molecule has 2 N–H and O–H groups in total. The van der Waals surface area contributed by atoms with Gasteiger partial charge in [0, 0.05) is 10.6 Å². The third-order valence-electron chi connectivity index (χ3n) is 2.25. The number of carbonyl (C=O) groups is 1. The number of nitrogens with one attached hydrogen (secondary N) is 1. The Labute approximate surface area is 112 Å². The molecule has 0 aliphatic carbocycles. The summed E-state index contributed by atoms with van der Waals surface area (Å²) in [4.78, 5) is 11.7. The van der Waals surface area contributed by atoms with Crippen molar-refractivity contribution in [2.45, 2.75) is 39.9 Å². The van der Waals surface area contributed by atoms with Crippen LogP contribution in [0.2, 0.25) is 5.02 Å². The molecule has 0 spiro atoms. The van der Waals surface area contributed by atoms with Crippen LogP contribution in [0.1, 0.15) is 31.9 Å². The number of aryl methyl sites for hydroxylation is 1. The lowest BCUT2D eigenvalue weighted by atomic mass is 10.1. The number of halogens is 1. The van der Waals surface area contributed by atoms with Crippen LogP contribution in [0.4, 0.5) is 10.5 Å². The van der Waals surface area contributed by atoms with Gasteiger partial charge >= 0.3 is 6.09 Å². The summed E-state index contributed by atoms with van der Waals surface area (Å²) in [5.41, 5.74) is 1.23. The molecule has 0 bridgehead atoms. The molecule has 1 aromatic rings. The van der Waals surface area contributed by atoms with Gasteiger partial charge in [0.2, 0.25) is 0 Å². The van der Waals surface area contributed by atoms with Gasteiger partial charge in [-0.3, -0.25) is 5.32 Å². The number of benzene rings is 1. The first-order chi connectivity index (χ1) is 8.24. The third-order valence-corrected chi connectivity index (χ3v) is 2.60. The summed E-state index contributed by atoms with van der Waals surface area (Å²) in [5.74, 6) is 0. The lowest BCUT2D eigenvalue weighted by Gasteiger charge is -2.21. The highest BCUT2D eigenvalue weighted by Gasteiger charge is 2.18. The standard InChI is InChI=1S/C13H18ClNO3/c1-8-5-6-10(14)9(7-16)11(8)15-12(17)18-13(2,3)4/h5-6,16H,7H2,1-4H3,(H,15,17).